The van der Waals surface area contributed by atoms with Gasteiger partial charge >= 0.3 is 0 Å². The van der Waals surface area contributed by atoms with Crippen LogP contribution >= 0.6 is 0 Å². The number of hydrogen-bond acceptors (Lipinski definition) is 3. The van der Waals surface area contributed by atoms with E-state index in [-0.39, 0.29) is 17.4 Å². The largest absolute Gasteiger partial charge is 0.331 e. The van der Waals surface area contributed by atoms with Crippen molar-refractivity contribution in [2.45, 2.75) is 33.2 Å². The predicted molar refractivity (Wildman–Crippen MR) is 59.3 cm³/mol. The molecule has 1 atom stereocenters. The molecule has 84 valence electrons. The molecule has 1 amide bonds. The van der Waals surface area contributed by atoms with Crippen LogP contribution in [0.25, 0.3) is 0 Å². The van der Waals surface area contributed by atoms with Gasteiger partial charge in [-0.25, -0.2) is 4.98 Å². The first-order chi connectivity index (χ1) is 6.89. The normalized spacial score (nSPS) is 13.6. The lowest BCUT2D eigenvalue weighted by molar-refractivity contribution is -0.117. The van der Waals surface area contributed by atoms with E-state index in [9.17, 15) is 4.79 Å². The molecule has 0 spiro atoms. The molecule has 0 aliphatic heterocycles. The van der Waals surface area contributed by atoms with Crippen LogP contribution in [-0.4, -0.2) is 21.9 Å². The van der Waals surface area contributed by atoms with Crippen molar-refractivity contribution in [1.29, 1.82) is 0 Å². The van der Waals surface area contributed by atoms with Gasteiger partial charge < -0.3 is 10.7 Å². The Morgan fingerprint density at radius 1 is 1.67 bits per heavy atom. The average Bonchev–Trinajstić information content (AvgIpc) is 2.54. The molecule has 0 radical (unpaired) electrons. The van der Waals surface area contributed by atoms with Crippen molar-refractivity contribution in [3.8, 4) is 0 Å². The highest BCUT2D eigenvalue weighted by Gasteiger charge is 2.23. The lowest BCUT2D eigenvalue weighted by Gasteiger charge is -2.26. The number of anilines is 1. The summed E-state index contributed by atoms with van der Waals surface area (Å²) in [6.45, 7) is 6.04. The number of carbonyl (C=O) groups is 1. The van der Waals surface area contributed by atoms with Gasteiger partial charge in [-0.05, 0) is 5.41 Å². The molecule has 4 N–H and O–H groups in total. The molecule has 1 rings (SSSR count). The number of aromatic nitrogens is 2. The van der Waals surface area contributed by atoms with Gasteiger partial charge in [-0.1, -0.05) is 20.8 Å². The third kappa shape index (κ3) is 3.71. The van der Waals surface area contributed by atoms with Crippen LogP contribution in [0.1, 0.15) is 27.2 Å². The van der Waals surface area contributed by atoms with Crippen molar-refractivity contribution in [2.24, 2.45) is 11.1 Å². The molecule has 0 bridgehead atoms. The van der Waals surface area contributed by atoms with E-state index in [2.05, 4.69) is 15.3 Å². The Kier molecular flexibility index (Phi) is 3.47. The fourth-order valence-electron chi connectivity index (χ4n) is 1.02. The highest BCUT2D eigenvalue weighted by Crippen LogP contribution is 2.19. The van der Waals surface area contributed by atoms with E-state index in [4.69, 9.17) is 5.73 Å². The number of hydrogen-bond donors (Lipinski definition) is 3. The van der Waals surface area contributed by atoms with Gasteiger partial charge in [0.15, 0.2) is 0 Å². The molecule has 1 aromatic heterocycles. The maximum atomic E-state index is 11.5. The van der Waals surface area contributed by atoms with Gasteiger partial charge in [-0.3, -0.25) is 10.1 Å². The Hall–Kier alpha value is -1.36. The Balaban J connectivity index is 2.43. The lowest BCUT2D eigenvalue weighted by atomic mass is 9.85. The highest BCUT2D eigenvalue weighted by atomic mass is 16.1. The summed E-state index contributed by atoms with van der Waals surface area (Å²) in [6, 6.07) is -0.160. The van der Waals surface area contributed by atoms with Crippen molar-refractivity contribution < 1.29 is 4.79 Å². The second kappa shape index (κ2) is 4.44. The monoisotopic (exact) mass is 210 g/mol. The first kappa shape index (κ1) is 11.7. The van der Waals surface area contributed by atoms with Crippen molar-refractivity contribution in [3.63, 3.8) is 0 Å². The summed E-state index contributed by atoms with van der Waals surface area (Å²) in [5.74, 6) is 0.341. The predicted octanol–water partition coefficient (Wildman–Crippen LogP) is 1.11. The summed E-state index contributed by atoms with van der Waals surface area (Å²) in [4.78, 5) is 18.2. The van der Waals surface area contributed by atoms with Crippen LogP contribution in [0.4, 0.5) is 5.95 Å². The number of amides is 1. The number of aromatic amines is 1. The van der Waals surface area contributed by atoms with Gasteiger partial charge in [0.2, 0.25) is 11.9 Å². The summed E-state index contributed by atoms with van der Waals surface area (Å²) in [6.07, 6.45) is 3.53. The Bertz CT molecular complexity index is 313. The summed E-state index contributed by atoms with van der Waals surface area (Å²) in [7, 11) is 0. The second-order valence-electron chi connectivity index (χ2n) is 4.66. The van der Waals surface area contributed by atoms with Gasteiger partial charge in [0.05, 0.1) is 0 Å². The quantitative estimate of drug-likeness (QED) is 0.698. The number of nitrogens with one attached hydrogen (secondary N) is 2. The molecule has 0 fully saturated rings. The van der Waals surface area contributed by atoms with Crippen LogP contribution in [0.5, 0.6) is 0 Å². The first-order valence-electron chi connectivity index (χ1n) is 4.94. The fraction of sp³-hybridized carbons (Fsp3) is 0.600. The van der Waals surface area contributed by atoms with E-state index in [0.717, 1.165) is 0 Å². The van der Waals surface area contributed by atoms with Crippen LogP contribution in [-0.2, 0) is 4.79 Å². The smallest absolute Gasteiger partial charge is 0.228 e. The SMILES string of the molecule is CC(C)(C)C(N)CC(=O)Nc1ncc[nH]1. The molecular weight excluding hydrogens is 192 g/mol. The maximum Gasteiger partial charge on any atom is 0.228 e. The molecule has 1 unspecified atom stereocenters. The van der Waals surface area contributed by atoms with Gasteiger partial charge in [0.25, 0.3) is 0 Å². The Morgan fingerprint density at radius 2 is 2.33 bits per heavy atom. The van der Waals surface area contributed by atoms with Crippen LogP contribution in [0.3, 0.4) is 0 Å². The van der Waals surface area contributed by atoms with Crippen molar-refractivity contribution in [2.75, 3.05) is 5.32 Å². The van der Waals surface area contributed by atoms with Crippen LogP contribution in [0, 0.1) is 5.41 Å². The number of nitrogens with zero attached hydrogens (tertiary/aromatic N) is 1. The number of nitrogens with two attached hydrogens (primary N) is 1. The van der Waals surface area contributed by atoms with E-state index < -0.39 is 0 Å². The molecule has 5 heteroatoms. The Morgan fingerprint density at radius 3 is 2.80 bits per heavy atom. The molecule has 1 aromatic rings. The maximum absolute atomic E-state index is 11.5. The van der Waals surface area contributed by atoms with Crippen LogP contribution < -0.4 is 11.1 Å². The summed E-state index contributed by atoms with van der Waals surface area (Å²) < 4.78 is 0. The minimum Gasteiger partial charge on any atom is -0.331 e. The Labute approximate surface area is 89.5 Å². The summed E-state index contributed by atoms with van der Waals surface area (Å²) in [5, 5.41) is 2.64. The molecule has 0 aromatic carbocycles. The van der Waals surface area contributed by atoms with E-state index in [1.165, 1.54) is 0 Å². The molecule has 15 heavy (non-hydrogen) atoms. The topological polar surface area (TPSA) is 83.8 Å². The van der Waals surface area contributed by atoms with E-state index in [0.29, 0.717) is 12.4 Å². The number of imidazole rings is 1. The van der Waals surface area contributed by atoms with Crippen molar-refractivity contribution in [3.05, 3.63) is 12.4 Å². The first-order valence-corrected chi connectivity index (χ1v) is 4.94. The minimum absolute atomic E-state index is 0.0689. The molecule has 0 aliphatic carbocycles. The third-order valence-electron chi connectivity index (χ3n) is 2.27. The number of rotatable bonds is 3. The van der Waals surface area contributed by atoms with Gasteiger partial charge in [-0.15, -0.1) is 0 Å². The highest BCUT2D eigenvalue weighted by molar-refractivity contribution is 5.89. The van der Waals surface area contributed by atoms with Crippen molar-refractivity contribution in [1.82, 2.24) is 9.97 Å². The fourth-order valence-corrected chi connectivity index (χ4v) is 1.02. The van der Waals surface area contributed by atoms with E-state index in [1.807, 2.05) is 20.8 Å². The number of H-pyrrole nitrogens is 1. The average molecular weight is 210 g/mol. The molecule has 5 nitrogen and oxygen atoms in total. The summed E-state index contributed by atoms with van der Waals surface area (Å²) >= 11 is 0. The summed E-state index contributed by atoms with van der Waals surface area (Å²) in [5.41, 5.74) is 5.82. The van der Waals surface area contributed by atoms with E-state index >= 15 is 0 Å². The standard InChI is InChI=1S/C10H18N4O/c1-10(2,3)7(11)6-8(15)14-9-12-4-5-13-9/h4-5,7H,6,11H2,1-3H3,(H2,12,13,14,15). The lowest BCUT2D eigenvalue weighted by Crippen LogP contribution is -2.38. The van der Waals surface area contributed by atoms with Crippen LogP contribution in [0.15, 0.2) is 12.4 Å². The zero-order valence-corrected chi connectivity index (χ0v) is 9.37. The molecule has 1 heterocycles. The third-order valence-corrected chi connectivity index (χ3v) is 2.27. The van der Waals surface area contributed by atoms with Gasteiger partial charge in [-0.2, -0.15) is 0 Å². The van der Waals surface area contributed by atoms with Gasteiger partial charge in [0.1, 0.15) is 0 Å². The molecular formula is C10H18N4O. The number of carbonyl (C=O) groups excluding carboxylic acids is 1. The zero-order chi connectivity index (χ0) is 11.5. The van der Waals surface area contributed by atoms with Crippen molar-refractivity contribution >= 4 is 11.9 Å². The second-order valence-corrected chi connectivity index (χ2v) is 4.66. The minimum atomic E-state index is -0.160. The zero-order valence-electron chi connectivity index (χ0n) is 9.37. The molecule has 0 saturated carbocycles. The van der Waals surface area contributed by atoms with E-state index in [1.54, 1.807) is 12.4 Å². The van der Waals surface area contributed by atoms with Gasteiger partial charge in [0, 0.05) is 24.9 Å². The van der Waals surface area contributed by atoms with Crippen LogP contribution in [0.2, 0.25) is 0 Å². The molecule has 0 aliphatic rings. The molecule has 0 saturated heterocycles.